The van der Waals surface area contributed by atoms with Gasteiger partial charge in [-0.1, -0.05) is 41.9 Å². The molecule has 0 saturated heterocycles. The number of carbonyl (C=O) groups is 1. The highest BCUT2D eigenvalue weighted by atomic mass is 35.5. The fraction of sp³-hybridized carbons (Fsp3) is 0.143. The van der Waals surface area contributed by atoms with Crippen molar-refractivity contribution in [2.24, 2.45) is 0 Å². The third kappa shape index (κ3) is 3.31. The van der Waals surface area contributed by atoms with E-state index in [1.54, 1.807) is 12.3 Å². The van der Waals surface area contributed by atoms with Crippen molar-refractivity contribution in [1.82, 2.24) is 4.98 Å². The van der Waals surface area contributed by atoms with Gasteiger partial charge >= 0.3 is 0 Å². The summed E-state index contributed by atoms with van der Waals surface area (Å²) in [6, 6.07) is 11.6. The number of halogens is 1. The molecule has 0 amide bonds. The summed E-state index contributed by atoms with van der Waals surface area (Å²) in [6.45, 7) is 0.463. The van der Waals surface area contributed by atoms with Crippen LogP contribution in [0.5, 0.6) is 5.75 Å². The Morgan fingerprint density at radius 3 is 2.78 bits per heavy atom. The zero-order valence-corrected chi connectivity index (χ0v) is 10.4. The third-order valence-corrected chi connectivity index (χ3v) is 2.78. The van der Waals surface area contributed by atoms with Gasteiger partial charge in [-0.3, -0.25) is 0 Å². The van der Waals surface area contributed by atoms with E-state index >= 15 is 0 Å². The van der Waals surface area contributed by atoms with Gasteiger partial charge in [-0.05, 0) is 11.6 Å². The maximum atomic E-state index is 10.5. The van der Waals surface area contributed by atoms with Crippen molar-refractivity contribution in [2.75, 3.05) is 0 Å². The van der Waals surface area contributed by atoms with Gasteiger partial charge in [-0.15, -0.1) is 0 Å². The number of benzene rings is 1. The molecule has 92 valence electrons. The molecule has 0 aliphatic carbocycles. The zero-order valence-electron chi connectivity index (χ0n) is 9.67. The molecular weight excluding hydrogens is 250 g/mol. The molecular formula is C14H12ClNO2. The van der Waals surface area contributed by atoms with E-state index < -0.39 is 0 Å². The second kappa shape index (κ2) is 6.17. The number of rotatable bonds is 5. The minimum atomic E-state index is 0.244. The van der Waals surface area contributed by atoms with Gasteiger partial charge in [-0.2, -0.15) is 0 Å². The largest absolute Gasteiger partial charge is 0.487 e. The summed E-state index contributed by atoms with van der Waals surface area (Å²) in [6.07, 6.45) is 2.60. The monoisotopic (exact) mass is 261 g/mol. The van der Waals surface area contributed by atoms with E-state index in [1.165, 1.54) is 0 Å². The van der Waals surface area contributed by atoms with Crippen LogP contribution in [0.25, 0.3) is 0 Å². The Bertz CT molecular complexity index is 529. The molecule has 2 rings (SSSR count). The first-order chi connectivity index (χ1) is 8.79. The van der Waals surface area contributed by atoms with Crippen LogP contribution in [0.3, 0.4) is 0 Å². The van der Waals surface area contributed by atoms with Gasteiger partial charge in [0, 0.05) is 12.0 Å². The van der Waals surface area contributed by atoms with Crippen LogP contribution in [0, 0.1) is 0 Å². The van der Waals surface area contributed by atoms with Crippen molar-refractivity contribution in [3.8, 4) is 5.75 Å². The minimum Gasteiger partial charge on any atom is -0.487 e. The molecule has 0 unspecified atom stereocenters. The summed E-state index contributed by atoms with van der Waals surface area (Å²) >= 11 is 5.87. The van der Waals surface area contributed by atoms with Crippen LogP contribution in [0.4, 0.5) is 0 Å². The van der Waals surface area contributed by atoms with Gasteiger partial charge in [0.05, 0.1) is 6.20 Å². The van der Waals surface area contributed by atoms with E-state index in [-0.39, 0.29) is 6.42 Å². The second-order valence-electron chi connectivity index (χ2n) is 3.77. The number of carbonyl (C=O) groups excluding carboxylic acids is 1. The molecule has 3 nitrogen and oxygen atoms in total. The van der Waals surface area contributed by atoms with Crippen molar-refractivity contribution >= 4 is 17.9 Å². The lowest BCUT2D eigenvalue weighted by Gasteiger charge is -2.07. The van der Waals surface area contributed by atoms with E-state index in [0.29, 0.717) is 23.1 Å². The van der Waals surface area contributed by atoms with Crippen molar-refractivity contribution in [2.45, 2.75) is 13.0 Å². The SMILES string of the molecule is O=CCc1cc(OCc2ccccc2)cnc1Cl. The zero-order chi connectivity index (χ0) is 12.8. The molecule has 1 heterocycles. The Labute approximate surface area is 110 Å². The Morgan fingerprint density at radius 1 is 1.28 bits per heavy atom. The number of pyridine rings is 1. The average molecular weight is 262 g/mol. The van der Waals surface area contributed by atoms with E-state index in [2.05, 4.69) is 4.98 Å². The fourth-order valence-corrected chi connectivity index (χ4v) is 1.71. The number of nitrogens with zero attached hydrogens (tertiary/aromatic N) is 1. The highest BCUT2D eigenvalue weighted by Crippen LogP contribution is 2.20. The molecule has 18 heavy (non-hydrogen) atoms. The maximum Gasteiger partial charge on any atom is 0.138 e. The molecule has 0 fully saturated rings. The first kappa shape index (κ1) is 12.6. The molecule has 0 N–H and O–H groups in total. The van der Waals surface area contributed by atoms with Crippen LogP contribution in [0.1, 0.15) is 11.1 Å². The van der Waals surface area contributed by atoms with Crippen LogP contribution in [-0.4, -0.2) is 11.3 Å². The van der Waals surface area contributed by atoms with Crippen LogP contribution in [0.2, 0.25) is 5.15 Å². The van der Waals surface area contributed by atoms with E-state index in [0.717, 1.165) is 11.8 Å². The summed E-state index contributed by atoms with van der Waals surface area (Å²) in [5, 5.41) is 0.342. The summed E-state index contributed by atoms with van der Waals surface area (Å²) in [5.74, 6) is 0.611. The van der Waals surface area contributed by atoms with Gasteiger partial charge in [0.15, 0.2) is 0 Å². The standard InChI is InChI=1S/C14H12ClNO2/c15-14-12(6-7-17)8-13(9-16-14)18-10-11-4-2-1-3-5-11/h1-5,7-9H,6,10H2. The Morgan fingerprint density at radius 2 is 2.06 bits per heavy atom. The molecule has 0 saturated carbocycles. The van der Waals surface area contributed by atoms with Gasteiger partial charge in [0.25, 0.3) is 0 Å². The van der Waals surface area contributed by atoms with Crippen molar-refractivity contribution in [1.29, 1.82) is 0 Å². The molecule has 2 aromatic rings. The predicted octanol–water partition coefficient (Wildman–Crippen LogP) is 3.06. The average Bonchev–Trinajstić information content (AvgIpc) is 2.41. The molecule has 0 atom stereocenters. The first-order valence-electron chi connectivity index (χ1n) is 5.54. The Hall–Kier alpha value is -1.87. The molecule has 1 aromatic heterocycles. The summed E-state index contributed by atoms with van der Waals surface area (Å²) in [5.41, 5.74) is 1.75. The summed E-state index contributed by atoms with van der Waals surface area (Å²) in [7, 11) is 0. The van der Waals surface area contributed by atoms with Gasteiger partial charge in [-0.25, -0.2) is 4.98 Å². The lowest BCUT2D eigenvalue weighted by molar-refractivity contribution is -0.107. The molecule has 0 aliphatic rings. The van der Waals surface area contributed by atoms with E-state index in [9.17, 15) is 4.79 Å². The number of ether oxygens (including phenoxy) is 1. The van der Waals surface area contributed by atoms with Crippen molar-refractivity contribution in [3.63, 3.8) is 0 Å². The number of aldehydes is 1. The fourth-order valence-electron chi connectivity index (χ4n) is 1.52. The normalized spacial score (nSPS) is 10.1. The lowest BCUT2D eigenvalue weighted by atomic mass is 10.2. The smallest absolute Gasteiger partial charge is 0.138 e. The minimum absolute atomic E-state index is 0.244. The molecule has 0 bridgehead atoms. The van der Waals surface area contributed by atoms with Crippen LogP contribution >= 0.6 is 11.6 Å². The molecule has 0 radical (unpaired) electrons. The molecule has 1 aromatic carbocycles. The van der Waals surface area contributed by atoms with Gasteiger partial charge in [0.2, 0.25) is 0 Å². The number of aromatic nitrogens is 1. The highest BCUT2D eigenvalue weighted by Gasteiger charge is 2.04. The van der Waals surface area contributed by atoms with Crippen LogP contribution in [-0.2, 0) is 17.8 Å². The number of hydrogen-bond acceptors (Lipinski definition) is 3. The van der Waals surface area contributed by atoms with Crippen molar-refractivity contribution in [3.05, 3.63) is 58.9 Å². The quantitative estimate of drug-likeness (QED) is 0.613. The number of hydrogen-bond donors (Lipinski definition) is 0. The Kier molecular flexibility index (Phi) is 4.31. The third-order valence-electron chi connectivity index (χ3n) is 2.44. The van der Waals surface area contributed by atoms with Gasteiger partial charge in [0.1, 0.15) is 23.8 Å². The maximum absolute atomic E-state index is 10.5. The highest BCUT2D eigenvalue weighted by molar-refractivity contribution is 6.30. The molecule has 4 heteroatoms. The summed E-state index contributed by atoms with van der Waals surface area (Å²) in [4.78, 5) is 14.5. The lowest BCUT2D eigenvalue weighted by Crippen LogP contribution is -1.98. The molecule has 0 spiro atoms. The van der Waals surface area contributed by atoms with E-state index in [1.807, 2.05) is 30.3 Å². The van der Waals surface area contributed by atoms with Crippen LogP contribution in [0.15, 0.2) is 42.6 Å². The first-order valence-corrected chi connectivity index (χ1v) is 5.92. The van der Waals surface area contributed by atoms with Crippen molar-refractivity contribution < 1.29 is 9.53 Å². The Balaban J connectivity index is 2.05. The van der Waals surface area contributed by atoms with E-state index in [4.69, 9.17) is 16.3 Å². The van der Waals surface area contributed by atoms with Gasteiger partial charge < -0.3 is 9.53 Å². The predicted molar refractivity (Wildman–Crippen MR) is 69.8 cm³/mol. The summed E-state index contributed by atoms with van der Waals surface area (Å²) < 4.78 is 5.60. The van der Waals surface area contributed by atoms with Crippen LogP contribution < -0.4 is 4.74 Å². The second-order valence-corrected chi connectivity index (χ2v) is 4.12. The topological polar surface area (TPSA) is 39.2 Å². The molecule has 0 aliphatic heterocycles.